The van der Waals surface area contributed by atoms with Gasteiger partial charge in [0.25, 0.3) is 0 Å². The Hall–Kier alpha value is -3.43. The van der Waals surface area contributed by atoms with Gasteiger partial charge < -0.3 is 14.7 Å². The van der Waals surface area contributed by atoms with Crippen LogP contribution in [0.4, 0.5) is 9.18 Å². The number of hydrogen-bond donors (Lipinski definition) is 2. The van der Waals surface area contributed by atoms with E-state index in [4.69, 9.17) is 4.74 Å². The maximum absolute atomic E-state index is 15.8. The number of ether oxygens (including phenoxy) is 1. The topological polar surface area (TPSA) is 91.1 Å². The number of halogens is 1. The molecular weight excluding hydrogens is 415 g/mol. The van der Waals surface area contributed by atoms with Crippen LogP contribution >= 0.6 is 0 Å². The van der Waals surface area contributed by atoms with E-state index in [2.05, 4.69) is 5.10 Å². The van der Waals surface area contributed by atoms with Crippen molar-refractivity contribution < 1.29 is 24.2 Å². The highest BCUT2D eigenvalue weighted by Gasteiger charge is 2.41. The number of urea groups is 1. The number of methoxy groups -OCH3 is 1. The summed E-state index contributed by atoms with van der Waals surface area (Å²) in [4.78, 5) is 13.4. The number of amides is 2. The average molecular weight is 440 g/mol. The normalized spacial score (nSPS) is 15.5. The number of carbonyl (C=O) groups excluding carboxylic acids is 1. The average Bonchev–Trinajstić information content (AvgIpc) is 3.17. The molecule has 1 aromatic heterocycles. The predicted octanol–water partition coefficient (Wildman–Crippen LogP) is 3.41. The molecule has 2 N–H and O–H groups in total. The van der Waals surface area contributed by atoms with Crippen LogP contribution in [0.2, 0.25) is 0 Å². The van der Waals surface area contributed by atoms with Crippen LogP contribution in [0.1, 0.15) is 18.5 Å². The van der Waals surface area contributed by atoms with Crippen LogP contribution < -0.4 is 4.74 Å². The third-order valence-electron chi connectivity index (χ3n) is 5.77. The molecular formula is C23H25FN4O4. The van der Waals surface area contributed by atoms with Gasteiger partial charge in [-0.15, -0.1) is 0 Å². The first-order chi connectivity index (χ1) is 15.3. The van der Waals surface area contributed by atoms with E-state index in [0.29, 0.717) is 22.1 Å². The molecule has 1 fully saturated rings. The summed E-state index contributed by atoms with van der Waals surface area (Å²) >= 11 is 0. The highest BCUT2D eigenvalue weighted by atomic mass is 19.1. The van der Waals surface area contributed by atoms with Crippen LogP contribution in [0, 0.1) is 5.82 Å². The van der Waals surface area contributed by atoms with Gasteiger partial charge in [-0.1, -0.05) is 30.3 Å². The lowest BCUT2D eigenvalue weighted by Crippen LogP contribution is -2.48. The van der Waals surface area contributed by atoms with Gasteiger partial charge in [-0.25, -0.2) is 18.9 Å². The molecule has 0 unspecified atom stereocenters. The molecule has 0 bridgehead atoms. The zero-order valence-corrected chi connectivity index (χ0v) is 17.9. The Kier molecular flexibility index (Phi) is 5.86. The van der Waals surface area contributed by atoms with Crippen LogP contribution in [-0.2, 0) is 5.60 Å². The fourth-order valence-electron chi connectivity index (χ4n) is 3.96. The van der Waals surface area contributed by atoms with Crippen molar-refractivity contribution in [3.8, 4) is 22.7 Å². The van der Waals surface area contributed by atoms with E-state index in [1.165, 1.54) is 16.6 Å². The molecule has 1 saturated heterocycles. The van der Waals surface area contributed by atoms with Crippen molar-refractivity contribution in [3.63, 3.8) is 0 Å². The molecule has 4 rings (SSSR count). The van der Waals surface area contributed by atoms with Gasteiger partial charge in [-0.2, -0.15) is 5.10 Å². The molecule has 2 heterocycles. The number of carbonyl (C=O) groups is 1. The van der Waals surface area contributed by atoms with Gasteiger partial charge in [0.05, 0.1) is 12.8 Å². The van der Waals surface area contributed by atoms with Gasteiger partial charge in [0.2, 0.25) is 0 Å². The van der Waals surface area contributed by atoms with Crippen molar-refractivity contribution in [3.05, 3.63) is 66.1 Å². The van der Waals surface area contributed by atoms with Gasteiger partial charge in [-0.3, -0.25) is 5.21 Å². The maximum atomic E-state index is 15.8. The Morgan fingerprint density at radius 3 is 2.31 bits per heavy atom. The predicted molar refractivity (Wildman–Crippen MR) is 115 cm³/mol. The second-order valence-electron chi connectivity index (χ2n) is 7.81. The minimum absolute atomic E-state index is 0.0587. The number of hydroxylamine groups is 2. The second kappa shape index (κ2) is 8.60. The van der Waals surface area contributed by atoms with Crippen LogP contribution in [0.15, 0.2) is 54.6 Å². The number of nitrogens with zero attached hydrogens (tertiary/aromatic N) is 4. The number of benzene rings is 2. The Morgan fingerprint density at radius 1 is 1.12 bits per heavy atom. The van der Waals surface area contributed by atoms with E-state index in [1.54, 1.807) is 43.5 Å². The molecule has 0 radical (unpaired) electrons. The van der Waals surface area contributed by atoms with Crippen molar-refractivity contribution in [1.82, 2.24) is 19.7 Å². The number of piperidine rings is 1. The summed E-state index contributed by atoms with van der Waals surface area (Å²) in [7, 11) is 2.81. The molecule has 1 aliphatic rings. The number of aromatic nitrogens is 2. The van der Waals surface area contributed by atoms with Gasteiger partial charge in [0, 0.05) is 25.7 Å². The number of likely N-dealkylation sites (tertiary alicyclic amines) is 1. The second-order valence-corrected chi connectivity index (χ2v) is 7.81. The smallest absolute Gasteiger partial charge is 0.343 e. The summed E-state index contributed by atoms with van der Waals surface area (Å²) in [6.45, 7) is 0.325. The summed E-state index contributed by atoms with van der Waals surface area (Å²) in [5.41, 5.74) is -0.120. The molecule has 0 aliphatic carbocycles. The first-order valence-corrected chi connectivity index (χ1v) is 10.3. The fourth-order valence-corrected chi connectivity index (χ4v) is 3.96. The minimum Gasteiger partial charge on any atom is -0.497 e. The first kappa shape index (κ1) is 21.8. The van der Waals surface area contributed by atoms with E-state index >= 15 is 4.39 Å². The van der Waals surface area contributed by atoms with Crippen molar-refractivity contribution in [2.24, 2.45) is 0 Å². The monoisotopic (exact) mass is 440 g/mol. The summed E-state index contributed by atoms with van der Waals surface area (Å²) in [6, 6.07) is 15.5. The molecule has 2 aromatic carbocycles. The van der Waals surface area contributed by atoms with Crippen molar-refractivity contribution in [2.75, 3.05) is 27.2 Å². The van der Waals surface area contributed by atoms with Gasteiger partial charge >= 0.3 is 6.03 Å². The third kappa shape index (κ3) is 3.92. The SMILES string of the molecule is COc1ccc(-n2nc(C3(O)CCN(C(=O)N(C)O)CC3)c(F)c2-c2ccccc2)cc1. The van der Waals surface area contributed by atoms with Crippen LogP contribution in [0.3, 0.4) is 0 Å². The molecule has 32 heavy (non-hydrogen) atoms. The van der Waals surface area contributed by atoms with E-state index < -0.39 is 17.4 Å². The molecule has 3 aromatic rings. The summed E-state index contributed by atoms with van der Waals surface area (Å²) < 4.78 is 22.5. The summed E-state index contributed by atoms with van der Waals surface area (Å²) in [6.07, 6.45) is 0.189. The molecule has 0 spiro atoms. The molecule has 9 heteroatoms. The number of aliphatic hydroxyl groups is 1. The fraction of sp³-hybridized carbons (Fsp3) is 0.304. The van der Waals surface area contributed by atoms with Crippen LogP contribution in [0.5, 0.6) is 5.75 Å². The van der Waals surface area contributed by atoms with Crippen molar-refractivity contribution in [2.45, 2.75) is 18.4 Å². The maximum Gasteiger partial charge on any atom is 0.343 e. The lowest BCUT2D eigenvalue weighted by molar-refractivity contribution is -0.0579. The Morgan fingerprint density at radius 2 is 1.75 bits per heavy atom. The lowest BCUT2D eigenvalue weighted by atomic mass is 9.87. The molecule has 2 amide bonds. The first-order valence-electron chi connectivity index (χ1n) is 10.3. The highest BCUT2D eigenvalue weighted by Crippen LogP contribution is 2.38. The zero-order chi connectivity index (χ0) is 22.9. The Labute approximate surface area is 185 Å². The van der Waals surface area contributed by atoms with E-state index in [-0.39, 0.29) is 37.3 Å². The lowest BCUT2D eigenvalue weighted by Gasteiger charge is -2.37. The van der Waals surface area contributed by atoms with Gasteiger partial charge in [0.1, 0.15) is 22.7 Å². The zero-order valence-electron chi connectivity index (χ0n) is 17.9. The number of rotatable bonds is 4. The van der Waals surface area contributed by atoms with Crippen molar-refractivity contribution >= 4 is 6.03 Å². The molecule has 1 aliphatic heterocycles. The standard InChI is InChI=1S/C23H25FN4O4/c1-26(31)22(29)27-14-12-23(30,13-15-27)21-19(24)20(16-6-4-3-5-7-16)28(25-21)17-8-10-18(32-2)11-9-17/h3-11,30-31H,12-15H2,1-2H3. The van der Waals surface area contributed by atoms with Gasteiger partial charge in [-0.05, 0) is 37.1 Å². The Bertz CT molecular complexity index is 1090. The van der Waals surface area contributed by atoms with Crippen LogP contribution in [0.25, 0.3) is 16.9 Å². The van der Waals surface area contributed by atoms with Crippen molar-refractivity contribution in [1.29, 1.82) is 0 Å². The van der Waals surface area contributed by atoms with E-state index in [0.717, 1.165) is 0 Å². The Balaban J connectivity index is 1.75. The largest absolute Gasteiger partial charge is 0.497 e. The molecule has 8 nitrogen and oxygen atoms in total. The summed E-state index contributed by atoms with van der Waals surface area (Å²) in [5, 5.41) is 25.7. The third-order valence-corrected chi connectivity index (χ3v) is 5.77. The molecule has 168 valence electrons. The summed E-state index contributed by atoms with van der Waals surface area (Å²) in [5.74, 6) is 0.0564. The van der Waals surface area contributed by atoms with E-state index in [9.17, 15) is 15.1 Å². The molecule has 0 atom stereocenters. The number of hydrogen-bond acceptors (Lipinski definition) is 5. The van der Waals surface area contributed by atoms with Gasteiger partial charge in [0.15, 0.2) is 5.82 Å². The van der Waals surface area contributed by atoms with Crippen LogP contribution in [-0.4, -0.2) is 63.3 Å². The van der Waals surface area contributed by atoms with E-state index in [1.807, 2.05) is 18.2 Å². The molecule has 0 saturated carbocycles. The quantitative estimate of drug-likeness (QED) is 0.479. The minimum atomic E-state index is -1.55. The highest BCUT2D eigenvalue weighted by molar-refractivity contribution is 5.73.